The standard InChI is InChI=1S/C27H31N5O2/c1-7-34-23-14-12-22(13-15-23)31(25(33)20-8-10-21(11-9-20)27(4,5)6)17-24-29-26-28-18(2)16-19(3)32(26)30-24/h8-16H,7,17H2,1-6H3. The highest BCUT2D eigenvalue weighted by Gasteiger charge is 2.22. The minimum absolute atomic E-state index is 0.0137. The molecule has 0 unspecified atom stereocenters. The number of aromatic nitrogens is 4. The van der Waals surface area contributed by atoms with E-state index in [4.69, 9.17) is 4.74 Å². The summed E-state index contributed by atoms with van der Waals surface area (Å²) in [4.78, 5) is 24.4. The fourth-order valence-electron chi connectivity index (χ4n) is 3.85. The molecule has 0 radical (unpaired) electrons. The number of carbonyl (C=O) groups excluding carboxylic acids is 1. The first-order valence-corrected chi connectivity index (χ1v) is 11.5. The zero-order chi connectivity index (χ0) is 24.5. The van der Waals surface area contributed by atoms with Gasteiger partial charge in [-0.2, -0.15) is 4.98 Å². The normalized spacial score (nSPS) is 11.6. The van der Waals surface area contributed by atoms with Crippen LogP contribution in [0.4, 0.5) is 5.69 Å². The van der Waals surface area contributed by atoms with Crippen LogP contribution in [0.1, 0.15) is 60.8 Å². The minimum Gasteiger partial charge on any atom is -0.494 e. The lowest BCUT2D eigenvalue weighted by atomic mass is 9.86. The van der Waals surface area contributed by atoms with Crippen molar-refractivity contribution >= 4 is 17.4 Å². The number of amides is 1. The van der Waals surface area contributed by atoms with Crippen molar-refractivity contribution in [3.63, 3.8) is 0 Å². The van der Waals surface area contributed by atoms with E-state index < -0.39 is 0 Å². The van der Waals surface area contributed by atoms with Crippen molar-refractivity contribution < 1.29 is 9.53 Å². The summed E-state index contributed by atoms with van der Waals surface area (Å²) in [7, 11) is 0. The highest BCUT2D eigenvalue weighted by atomic mass is 16.5. The van der Waals surface area contributed by atoms with E-state index in [2.05, 4.69) is 35.8 Å². The highest BCUT2D eigenvalue weighted by Crippen LogP contribution is 2.26. The maximum Gasteiger partial charge on any atom is 0.258 e. The monoisotopic (exact) mass is 457 g/mol. The molecule has 0 saturated heterocycles. The topological polar surface area (TPSA) is 72.6 Å². The maximum atomic E-state index is 13.7. The minimum atomic E-state index is -0.121. The van der Waals surface area contributed by atoms with Crippen molar-refractivity contribution in [2.75, 3.05) is 11.5 Å². The van der Waals surface area contributed by atoms with Crippen LogP contribution in [0.15, 0.2) is 54.6 Å². The molecule has 4 aromatic rings. The number of nitrogens with zero attached hydrogens (tertiary/aromatic N) is 5. The summed E-state index contributed by atoms with van der Waals surface area (Å²) in [6.07, 6.45) is 0. The van der Waals surface area contributed by atoms with E-state index in [0.717, 1.165) is 22.8 Å². The van der Waals surface area contributed by atoms with Crippen LogP contribution in [0.2, 0.25) is 0 Å². The van der Waals surface area contributed by atoms with Crippen LogP contribution in [-0.2, 0) is 12.0 Å². The van der Waals surface area contributed by atoms with Gasteiger partial charge in [-0.1, -0.05) is 32.9 Å². The lowest BCUT2D eigenvalue weighted by Crippen LogP contribution is -2.31. The van der Waals surface area contributed by atoms with E-state index >= 15 is 0 Å². The van der Waals surface area contributed by atoms with Crippen molar-refractivity contribution in [1.29, 1.82) is 0 Å². The van der Waals surface area contributed by atoms with Gasteiger partial charge in [-0.3, -0.25) is 4.79 Å². The molecule has 0 aliphatic rings. The maximum absolute atomic E-state index is 13.7. The van der Waals surface area contributed by atoms with Crippen molar-refractivity contribution in [1.82, 2.24) is 19.6 Å². The Morgan fingerprint density at radius 2 is 1.68 bits per heavy atom. The SMILES string of the molecule is CCOc1ccc(N(Cc2nc3nc(C)cc(C)n3n2)C(=O)c2ccc(C(C)(C)C)cc2)cc1. The molecule has 0 aliphatic carbocycles. The molecule has 7 heteroatoms. The molecule has 0 spiro atoms. The molecule has 0 bridgehead atoms. The molecule has 2 heterocycles. The fourth-order valence-corrected chi connectivity index (χ4v) is 3.85. The van der Waals surface area contributed by atoms with Crippen LogP contribution in [0, 0.1) is 13.8 Å². The Balaban J connectivity index is 1.71. The largest absolute Gasteiger partial charge is 0.494 e. The molecule has 4 rings (SSSR count). The molecule has 7 nitrogen and oxygen atoms in total. The summed E-state index contributed by atoms with van der Waals surface area (Å²) in [6, 6.07) is 17.3. The first kappa shape index (κ1) is 23.4. The van der Waals surface area contributed by atoms with Gasteiger partial charge in [0, 0.05) is 22.6 Å². The Hall–Kier alpha value is -3.74. The Labute approximate surface area is 200 Å². The Morgan fingerprint density at radius 3 is 2.29 bits per heavy atom. The molecule has 0 fully saturated rings. The molecule has 176 valence electrons. The average molecular weight is 458 g/mol. The second kappa shape index (κ2) is 9.25. The van der Waals surface area contributed by atoms with Gasteiger partial charge in [0.2, 0.25) is 0 Å². The average Bonchev–Trinajstić information content (AvgIpc) is 3.20. The van der Waals surface area contributed by atoms with Crippen molar-refractivity contribution in [2.24, 2.45) is 0 Å². The zero-order valence-corrected chi connectivity index (χ0v) is 20.7. The van der Waals surface area contributed by atoms with Gasteiger partial charge >= 0.3 is 0 Å². The molecule has 2 aromatic heterocycles. The molecule has 0 atom stereocenters. The van der Waals surface area contributed by atoms with Gasteiger partial charge in [-0.05, 0) is 74.2 Å². The predicted octanol–water partition coefficient (Wildman–Crippen LogP) is 5.28. The number of aryl methyl sites for hydroxylation is 2. The lowest BCUT2D eigenvalue weighted by Gasteiger charge is -2.23. The summed E-state index contributed by atoms with van der Waals surface area (Å²) >= 11 is 0. The number of hydrogen-bond donors (Lipinski definition) is 0. The molecular formula is C27H31N5O2. The van der Waals surface area contributed by atoms with Crippen molar-refractivity contribution in [3.05, 3.63) is 82.9 Å². The molecule has 0 N–H and O–H groups in total. The number of anilines is 1. The quantitative estimate of drug-likeness (QED) is 0.394. The van der Waals surface area contributed by atoms with Crippen LogP contribution in [0.25, 0.3) is 5.78 Å². The van der Waals surface area contributed by atoms with E-state index in [1.54, 1.807) is 9.42 Å². The van der Waals surface area contributed by atoms with Gasteiger partial charge in [0.15, 0.2) is 5.82 Å². The molecule has 1 amide bonds. The number of rotatable bonds is 6. The summed E-state index contributed by atoms with van der Waals surface area (Å²) < 4.78 is 7.28. The van der Waals surface area contributed by atoms with Gasteiger partial charge < -0.3 is 9.64 Å². The third-order valence-corrected chi connectivity index (χ3v) is 5.66. The second-order valence-corrected chi connectivity index (χ2v) is 9.42. The predicted molar refractivity (Wildman–Crippen MR) is 134 cm³/mol. The lowest BCUT2D eigenvalue weighted by molar-refractivity contribution is 0.0984. The molecule has 0 aliphatic heterocycles. The number of ether oxygens (including phenoxy) is 1. The molecule has 34 heavy (non-hydrogen) atoms. The smallest absolute Gasteiger partial charge is 0.258 e. The van der Waals surface area contributed by atoms with Crippen LogP contribution >= 0.6 is 0 Å². The first-order valence-electron chi connectivity index (χ1n) is 11.5. The van der Waals surface area contributed by atoms with E-state index in [-0.39, 0.29) is 17.9 Å². The molecule has 0 saturated carbocycles. The van der Waals surface area contributed by atoms with E-state index in [0.29, 0.717) is 23.8 Å². The van der Waals surface area contributed by atoms with Gasteiger partial charge in [-0.15, -0.1) is 5.10 Å². The summed E-state index contributed by atoms with van der Waals surface area (Å²) in [5.41, 5.74) is 4.36. The van der Waals surface area contributed by atoms with Gasteiger partial charge in [0.1, 0.15) is 5.75 Å². The molecular weight excluding hydrogens is 426 g/mol. The highest BCUT2D eigenvalue weighted by molar-refractivity contribution is 6.06. The number of hydrogen-bond acceptors (Lipinski definition) is 5. The zero-order valence-electron chi connectivity index (χ0n) is 20.7. The van der Waals surface area contributed by atoms with Crippen LogP contribution in [0.3, 0.4) is 0 Å². The van der Waals surface area contributed by atoms with Crippen LogP contribution in [0.5, 0.6) is 5.75 Å². The Bertz CT molecular complexity index is 1300. The van der Waals surface area contributed by atoms with Gasteiger partial charge in [0.05, 0.1) is 13.2 Å². The van der Waals surface area contributed by atoms with Crippen LogP contribution < -0.4 is 9.64 Å². The summed E-state index contributed by atoms with van der Waals surface area (Å²) in [6.45, 7) is 13.1. The number of fused-ring (bicyclic) bond motifs is 1. The van der Waals surface area contributed by atoms with Crippen LogP contribution in [-0.4, -0.2) is 32.1 Å². The summed E-state index contributed by atoms with van der Waals surface area (Å²) in [5, 5.41) is 4.61. The van der Waals surface area contributed by atoms with Gasteiger partial charge in [-0.25, -0.2) is 9.50 Å². The summed E-state index contributed by atoms with van der Waals surface area (Å²) in [5.74, 6) is 1.69. The second-order valence-electron chi connectivity index (χ2n) is 9.42. The third kappa shape index (κ3) is 4.93. The first-order chi connectivity index (χ1) is 16.2. The number of benzene rings is 2. The Morgan fingerprint density at radius 1 is 1.00 bits per heavy atom. The number of carbonyl (C=O) groups is 1. The fraction of sp³-hybridized carbons (Fsp3) is 0.333. The van der Waals surface area contributed by atoms with E-state index in [9.17, 15) is 4.79 Å². The van der Waals surface area contributed by atoms with Gasteiger partial charge in [0.25, 0.3) is 11.7 Å². The van der Waals surface area contributed by atoms with E-state index in [1.165, 1.54) is 5.56 Å². The van der Waals surface area contributed by atoms with Crippen molar-refractivity contribution in [2.45, 2.75) is 53.5 Å². The Kier molecular flexibility index (Phi) is 6.37. The van der Waals surface area contributed by atoms with Crippen molar-refractivity contribution in [3.8, 4) is 5.75 Å². The van der Waals surface area contributed by atoms with E-state index in [1.807, 2.05) is 75.4 Å². The molecule has 2 aromatic carbocycles. The third-order valence-electron chi connectivity index (χ3n) is 5.66.